The predicted octanol–water partition coefficient (Wildman–Crippen LogP) is 2.37. The number of carbonyl (C=O) groups excluding carboxylic acids is 3. The lowest BCUT2D eigenvalue weighted by Crippen LogP contribution is -2.40. The Morgan fingerprint density at radius 1 is 1.23 bits per heavy atom. The van der Waals surface area contributed by atoms with Gasteiger partial charge in [-0.05, 0) is 18.9 Å². The lowest BCUT2D eigenvalue weighted by Gasteiger charge is -2.31. The highest BCUT2D eigenvalue weighted by molar-refractivity contribution is 6.23. The third kappa shape index (κ3) is 3.18. The van der Waals surface area contributed by atoms with Crippen molar-refractivity contribution in [3.8, 4) is 0 Å². The number of nitro groups is 1. The molecule has 0 atom stereocenters. The average molecular weight is 359 g/mol. The second kappa shape index (κ2) is 7.23. The van der Waals surface area contributed by atoms with Crippen LogP contribution in [0.5, 0.6) is 0 Å². The van der Waals surface area contributed by atoms with Gasteiger partial charge in [-0.1, -0.05) is 25.3 Å². The normalized spacial score (nSPS) is 17.3. The summed E-state index contributed by atoms with van der Waals surface area (Å²) in [5.74, 6) is -1.41. The number of carbonyl (C=O) groups is 3. The molecule has 2 aliphatic rings. The Balaban J connectivity index is 1.68. The van der Waals surface area contributed by atoms with Crippen molar-refractivity contribution in [2.45, 2.75) is 44.6 Å². The zero-order chi connectivity index (χ0) is 18.8. The molecule has 0 spiro atoms. The number of hydrogen-bond acceptors (Lipinski definition) is 5. The predicted molar refractivity (Wildman–Crippen MR) is 92.7 cm³/mol. The first-order valence-electron chi connectivity index (χ1n) is 8.81. The maximum atomic E-state index is 12.5. The molecule has 1 saturated carbocycles. The fraction of sp³-hybridized carbons (Fsp3) is 0.500. The SMILES string of the molecule is CN(C(=O)CCN1C(=O)c2cccc([N+](=O)[O-])c2C1=O)C1CCCCC1. The number of imide groups is 1. The van der Waals surface area contributed by atoms with Crippen LogP contribution in [0.4, 0.5) is 5.69 Å². The molecular weight excluding hydrogens is 338 g/mol. The Morgan fingerprint density at radius 3 is 2.58 bits per heavy atom. The number of nitrogens with zero attached hydrogens (tertiary/aromatic N) is 3. The van der Waals surface area contributed by atoms with Gasteiger partial charge in [0, 0.05) is 32.1 Å². The largest absolute Gasteiger partial charge is 0.343 e. The second-order valence-corrected chi connectivity index (χ2v) is 6.77. The quantitative estimate of drug-likeness (QED) is 0.456. The average Bonchev–Trinajstić information content (AvgIpc) is 2.90. The molecule has 0 bridgehead atoms. The van der Waals surface area contributed by atoms with Crippen LogP contribution in [-0.4, -0.2) is 52.1 Å². The van der Waals surface area contributed by atoms with Gasteiger partial charge in [0.1, 0.15) is 5.56 Å². The summed E-state index contributed by atoms with van der Waals surface area (Å²) < 4.78 is 0. The van der Waals surface area contributed by atoms with Crippen LogP contribution >= 0.6 is 0 Å². The fourth-order valence-corrected chi connectivity index (χ4v) is 3.73. The summed E-state index contributed by atoms with van der Waals surface area (Å²) in [5, 5.41) is 11.1. The van der Waals surface area contributed by atoms with Crippen LogP contribution in [0.15, 0.2) is 18.2 Å². The number of benzene rings is 1. The van der Waals surface area contributed by atoms with E-state index in [4.69, 9.17) is 0 Å². The molecule has 0 aromatic heterocycles. The molecule has 138 valence electrons. The Morgan fingerprint density at radius 2 is 1.92 bits per heavy atom. The van der Waals surface area contributed by atoms with E-state index in [9.17, 15) is 24.5 Å². The minimum absolute atomic E-state index is 0.0201. The van der Waals surface area contributed by atoms with Crippen molar-refractivity contribution in [1.82, 2.24) is 9.80 Å². The van der Waals surface area contributed by atoms with Crippen LogP contribution in [0.25, 0.3) is 0 Å². The zero-order valence-corrected chi connectivity index (χ0v) is 14.6. The summed E-state index contributed by atoms with van der Waals surface area (Å²) in [5.41, 5.74) is -0.540. The van der Waals surface area contributed by atoms with Gasteiger partial charge in [0.05, 0.1) is 10.5 Å². The number of hydrogen-bond donors (Lipinski definition) is 0. The van der Waals surface area contributed by atoms with Gasteiger partial charge in [-0.3, -0.25) is 29.4 Å². The Bertz CT molecular complexity index is 770. The van der Waals surface area contributed by atoms with Gasteiger partial charge >= 0.3 is 0 Å². The minimum atomic E-state index is -0.703. The number of amides is 3. The van der Waals surface area contributed by atoms with E-state index in [0.29, 0.717) is 0 Å². The second-order valence-electron chi connectivity index (χ2n) is 6.77. The van der Waals surface area contributed by atoms with Gasteiger partial charge in [0.25, 0.3) is 17.5 Å². The molecule has 3 rings (SSSR count). The van der Waals surface area contributed by atoms with E-state index in [1.165, 1.54) is 24.6 Å². The monoisotopic (exact) mass is 359 g/mol. The molecule has 1 heterocycles. The molecule has 1 aromatic carbocycles. The van der Waals surface area contributed by atoms with Crippen LogP contribution in [0.1, 0.15) is 59.2 Å². The summed E-state index contributed by atoms with van der Waals surface area (Å²) in [6, 6.07) is 4.20. The van der Waals surface area contributed by atoms with Gasteiger partial charge in [0.2, 0.25) is 5.91 Å². The molecule has 0 radical (unpaired) electrons. The zero-order valence-electron chi connectivity index (χ0n) is 14.6. The summed E-state index contributed by atoms with van der Waals surface area (Å²) in [7, 11) is 1.76. The van der Waals surface area contributed by atoms with Gasteiger partial charge in [-0.15, -0.1) is 0 Å². The molecule has 0 unspecified atom stereocenters. The van der Waals surface area contributed by atoms with E-state index in [0.717, 1.165) is 30.6 Å². The van der Waals surface area contributed by atoms with Gasteiger partial charge in [-0.2, -0.15) is 0 Å². The highest BCUT2D eigenvalue weighted by Crippen LogP contribution is 2.31. The lowest BCUT2D eigenvalue weighted by molar-refractivity contribution is -0.385. The summed E-state index contributed by atoms with van der Waals surface area (Å²) in [4.78, 5) is 50.4. The lowest BCUT2D eigenvalue weighted by atomic mass is 9.94. The highest BCUT2D eigenvalue weighted by Gasteiger charge is 2.41. The maximum Gasteiger partial charge on any atom is 0.282 e. The molecular formula is C18H21N3O5. The van der Waals surface area contributed by atoms with Crippen molar-refractivity contribution in [1.29, 1.82) is 0 Å². The van der Waals surface area contributed by atoms with E-state index in [-0.39, 0.29) is 41.7 Å². The van der Waals surface area contributed by atoms with Crippen molar-refractivity contribution in [3.05, 3.63) is 39.4 Å². The molecule has 8 heteroatoms. The Hall–Kier alpha value is -2.77. The minimum Gasteiger partial charge on any atom is -0.343 e. The molecule has 3 amide bonds. The third-order valence-electron chi connectivity index (χ3n) is 5.24. The first kappa shape index (κ1) is 18.0. The smallest absolute Gasteiger partial charge is 0.282 e. The molecule has 1 fully saturated rings. The number of rotatable bonds is 5. The van der Waals surface area contributed by atoms with E-state index < -0.39 is 16.7 Å². The van der Waals surface area contributed by atoms with E-state index >= 15 is 0 Å². The van der Waals surface area contributed by atoms with E-state index in [2.05, 4.69) is 0 Å². The highest BCUT2D eigenvalue weighted by atomic mass is 16.6. The third-order valence-corrected chi connectivity index (χ3v) is 5.24. The Kier molecular flexibility index (Phi) is 5.01. The first-order valence-corrected chi connectivity index (χ1v) is 8.81. The van der Waals surface area contributed by atoms with Crippen molar-refractivity contribution < 1.29 is 19.3 Å². The molecule has 1 aliphatic carbocycles. The van der Waals surface area contributed by atoms with Crippen LogP contribution in [0.3, 0.4) is 0 Å². The van der Waals surface area contributed by atoms with Crippen molar-refractivity contribution in [2.75, 3.05) is 13.6 Å². The van der Waals surface area contributed by atoms with Gasteiger partial charge < -0.3 is 4.90 Å². The standard InChI is InChI=1S/C18H21N3O5/c1-19(12-6-3-2-4-7-12)15(22)10-11-20-17(23)13-8-5-9-14(21(25)26)16(13)18(20)24/h5,8-9,12H,2-4,6-7,10-11H2,1H3. The van der Waals surface area contributed by atoms with Crippen molar-refractivity contribution in [2.24, 2.45) is 0 Å². The van der Waals surface area contributed by atoms with Crippen molar-refractivity contribution >= 4 is 23.4 Å². The van der Waals surface area contributed by atoms with Gasteiger partial charge in [-0.25, -0.2) is 0 Å². The molecule has 0 N–H and O–H groups in total. The molecule has 8 nitrogen and oxygen atoms in total. The summed E-state index contributed by atoms with van der Waals surface area (Å²) >= 11 is 0. The molecule has 0 saturated heterocycles. The van der Waals surface area contributed by atoms with E-state index in [1.54, 1.807) is 11.9 Å². The van der Waals surface area contributed by atoms with Crippen LogP contribution in [0, 0.1) is 10.1 Å². The molecule has 26 heavy (non-hydrogen) atoms. The maximum absolute atomic E-state index is 12.5. The molecule has 1 aromatic rings. The number of nitro benzene ring substituents is 1. The number of fused-ring (bicyclic) bond motifs is 1. The first-order chi connectivity index (χ1) is 12.4. The van der Waals surface area contributed by atoms with Crippen LogP contribution in [0.2, 0.25) is 0 Å². The topological polar surface area (TPSA) is 101 Å². The van der Waals surface area contributed by atoms with E-state index in [1.807, 2.05) is 0 Å². The van der Waals surface area contributed by atoms with Crippen LogP contribution < -0.4 is 0 Å². The summed E-state index contributed by atoms with van der Waals surface area (Å²) in [6.07, 6.45) is 5.36. The Labute approximate surface area is 150 Å². The van der Waals surface area contributed by atoms with Crippen LogP contribution in [-0.2, 0) is 4.79 Å². The molecule has 1 aliphatic heterocycles. The van der Waals surface area contributed by atoms with Crippen molar-refractivity contribution in [3.63, 3.8) is 0 Å². The fourth-order valence-electron chi connectivity index (χ4n) is 3.73. The van der Waals surface area contributed by atoms with Gasteiger partial charge in [0.15, 0.2) is 0 Å². The summed E-state index contributed by atoms with van der Waals surface area (Å²) in [6.45, 7) is -0.0700.